The maximum atomic E-state index is 3.15. The number of hydrogen-bond acceptors (Lipinski definition) is 0. The third-order valence-electron chi connectivity index (χ3n) is 1.71. The van der Waals surface area contributed by atoms with Crippen LogP contribution in [0.5, 0.6) is 0 Å². The largest absolute Gasteiger partial charge is 0.226 e. The molecule has 0 atom stereocenters. The van der Waals surface area contributed by atoms with Crippen molar-refractivity contribution in [2.45, 2.75) is 0 Å². The van der Waals surface area contributed by atoms with Crippen LogP contribution >= 0.6 is 0 Å². The zero-order chi connectivity index (χ0) is 8.23. The molecular formula is C12H8Y22-2. The molecule has 0 aliphatic rings. The molecule has 34 heavy (non-hydrogen) atoms. The van der Waals surface area contributed by atoms with Crippen LogP contribution in [0.15, 0.2) is 48.5 Å². The Hall–Kier alpha value is 22.7. The van der Waals surface area contributed by atoms with Crippen molar-refractivity contribution in [1.29, 1.82) is 0 Å². The molecule has 0 spiro atoms. The van der Waals surface area contributed by atoms with Crippen molar-refractivity contribution in [2.75, 3.05) is 0 Å². The smallest absolute Gasteiger partial charge is 0 e. The second kappa shape index (κ2) is 111. The van der Waals surface area contributed by atoms with E-state index in [0.29, 0.717) is 0 Å². The van der Waals surface area contributed by atoms with Crippen LogP contribution in [-0.4, -0.2) is 0 Å². The topological polar surface area (TPSA) is 0 Å². The number of hydrogen-bond donors (Lipinski definition) is 0. The van der Waals surface area contributed by atoms with E-state index in [1.807, 2.05) is 48.5 Å². The summed E-state index contributed by atoms with van der Waals surface area (Å²) in [4.78, 5) is 0. The van der Waals surface area contributed by atoms with E-state index in [2.05, 4.69) is 12.1 Å². The minimum Gasteiger partial charge on any atom is -0.226 e. The molecule has 0 saturated heterocycles. The summed E-state index contributed by atoms with van der Waals surface area (Å²) in [6.07, 6.45) is 0. The van der Waals surface area contributed by atoms with Gasteiger partial charge in [0, 0.05) is 720 Å². The second-order valence-corrected chi connectivity index (χ2v) is 2.55. The zero-order valence-corrected chi connectivity index (χ0v) is 81.8. The Kier molecular flexibility index (Phi) is 452. The van der Waals surface area contributed by atoms with Gasteiger partial charge in [0.25, 0.3) is 0 Å². The van der Waals surface area contributed by atoms with Crippen LogP contribution in [0.1, 0.15) is 0 Å². The molecule has 0 unspecified atom stereocenters. The Bertz CT molecular complexity index is 329. The zero-order valence-electron chi connectivity index (χ0n) is 19.3. The summed E-state index contributed by atoms with van der Waals surface area (Å²) in [6.45, 7) is 0. The fraction of sp³-hybridized carbons (Fsp3) is 0. The van der Waals surface area contributed by atoms with E-state index >= 15 is 0 Å². The standard InChI is InChI=1S/C12H8.22Y/c1-3-7-11(8-4-1)12-9-5-2-6-10-12;;;;;;;;;;;;;;;;;;;;;;/h1-7,9H;;;;;;;;;;;;;;;;;;;;;;/q-2;;;;;;;;;;;;;;;;;;;;;;. The predicted octanol–water partition coefficient (Wildman–Crippen LogP) is 2.90. The summed E-state index contributed by atoms with van der Waals surface area (Å²) < 4.78 is 0. The van der Waals surface area contributed by atoms with Crippen molar-refractivity contribution in [1.82, 2.24) is 0 Å². The van der Waals surface area contributed by atoms with Crippen molar-refractivity contribution in [3.05, 3.63) is 60.7 Å². The summed E-state index contributed by atoms with van der Waals surface area (Å²) in [7, 11) is 0. The van der Waals surface area contributed by atoms with Gasteiger partial charge in [0.15, 0.2) is 0 Å². The number of benzene rings is 2. The van der Waals surface area contributed by atoms with Crippen LogP contribution in [0, 0.1) is 12.1 Å². The first kappa shape index (κ1) is 138. The Morgan fingerprint density at radius 2 is 0.441 bits per heavy atom. The molecular weight excluding hydrogens is 2100 g/mol. The van der Waals surface area contributed by atoms with Crippen LogP contribution in [0.4, 0.5) is 0 Å². The van der Waals surface area contributed by atoms with Crippen LogP contribution < -0.4 is 0 Å². The molecule has 0 fully saturated rings. The van der Waals surface area contributed by atoms with Crippen molar-refractivity contribution in [2.24, 2.45) is 0 Å². The van der Waals surface area contributed by atoms with E-state index in [0.717, 1.165) is 11.1 Å². The van der Waals surface area contributed by atoms with E-state index in [4.69, 9.17) is 0 Å². The third-order valence-corrected chi connectivity index (χ3v) is 1.71. The van der Waals surface area contributed by atoms with Gasteiger partial charge in [-0.25, -0.2) is 11.1 Å². The first-order chi connectivity index (χ1) is 5.97. The normalized spacial score (nSPS) is 3.41. The van der Waals surface area contributed by atoms with Gasteiger partial charge in [-0.2, -0.15) is 48.5 Å². The van der Waals surface area contributed by atoms with Gasteiger partial charge >= 0.3 is 0 Å². The molecule has 2 aromatic carbocycles. The van der Waals surface area contributed by atoms with Crippen LogP contribution in [0.2, 0.25) is 0 Å². The monoisotopic (exact) mass is 2110 g/mol. The Labute approximate surface area is 763 Å². The molecule has 0 amide bonds. The fourth-order valence-electron chi connectivity index (χ4n) is 1.12. The quantitative estimate of drug-likeness (QED) is 0.387. The molecule has 0 bridgehead atoms. The molecule has 0 heterocycles. The molecule has 0 aromatic heterocycles. The Morgan fingerprint density at radius 3 is 0.559 bits per heavy atom. The van der Waals surface area contributed by atoms with Gasteiger partial charge in [-0.05, 0) is 0 Å². The van der Waals surface area contributed by atoms with Gasteiger partial charge in [-0.1, -0.05) is 0 Å². The van der Waals surface area contributed by atoms with Gasteiger partial charge in [-0.3, -0.25) is 0 Å². The maximum Gasteiger partial charge on any atom is 0 e. The van der Waals surface area contributed by atoms with Gasteiger partial charge in [-0.15, -0.1) is 12.1 Å². The molecule has 2 aromatic rings. The van der Waals surface area contributed by atoms with Gasteiger partial charge in [0.2, 0.25) is 0 Å². The van der Waals surface area contributed by atoms with E-state index in [1.54, 1.807) is 0 Å². The second-order valence-electron chi connectivity index (χ2n) is 2.55. The maximum absolute atomic E-state index is 3.15. The molecule has 22 radical (unpaired) electrons. The molecule has 0 saturated carbocycles. The van der Waals surface area contributed by atoms with E-state index in [9.17, 15) is 0 Å². The van der Waals surface area contributed by atoms with E-state index in [1.165, 1.54) is 0 Å². The molecule has 0 aliphatic carbocycles. The fourth-order valence-corrected chi connectivity index (χ4v) is 1.12. The van der Waals surface area contributed by atoms with Gasteiger partial charge in [0.1, 0.15) is 0 Å². The first-order valence-electron chi connectivity index (χ1n) is 3.90. The summed E-state index contributed by atoms with van der Waals surface area (Å²) in [5.74, 6) is 0. The molecule has 2 rings (SSSR count). The van der Waals surface area contributed by atoms with Crippen LogP contribution in [-0.2, 0) is 720 Å². The first-order valence-corrected chi connectivity index (χ1v) is 3.90. The van der Waals surface area contributed by atoms with Crippen molar-refractivity contribution >= 4 is 0 Å². The summed E-state index contributed by atoms with van der Waals surface area (Å²) in [6, 6.07) is 22.1. The molecule has 0 aliphatic heterocycles. The minimum atomic E-state index is 0. The summed E-state index contributed by atoms with van der Waals surface area (Å²) >= 11 is 0. The van der Waals surface area contributed by atoms with Crippen LogP contribution in [0.25, 0.3) is 11.1 Å². The molecule has 22 heteroatoms. The molecule has 124 valence electrons. The Balaban J connectivity index is -0.00000000404. The van der Waals surface area contributed by atoms with E-state index in [-0.39, 0.29) is 720 Å². The average molecular weight is 2110 g/mol. The van der Waals surface area contributed by atoms with Gasteiger partial charge < -0.3 is 0 Å². The van der Waals surface area contributed by atoms with Crippen LogP contribution in [0.3, 0.4) is 0 Å². The molecule has 0 nitrogen and oxygen atoms in total. The Morgan fingerprint density at radius 1 is 0.265 bits per heavy atom. The van der Waals surface area contributed by atoms with Crippen molar-refractivity contribution in [3.63, 3.8) is 0 Å². The van der Waals surface area contributed by atoms with Crippen molar-refractivity contribution < 1.29 is 720 Å². The van der Waals surface area contributed by atoms with Gasteiger partial charge in [0.05, 0.1) is 0 Å². The predicted molar refractivity (Wildman–Crippen MR) is 49.6 cm³/mol. The van der Waals surface area contributed by atoms with Crippen molar-refractivity contribution in [3.8, 4) is 11.1 Å². The SMILES string of the molecule is [Y].[Y].[Y].[Y].[Y].[Y].[Y].[Y].[Y].[Y].[Y].[Y].[Y].[Y].[Y].[Y].[Y].[Y].[Y].[Y].[Y].[Y].[c-]1ccccc1-c1[c-]cccc1. The van der Waals surface area contributed by atoms with E-state index < -0.39 is 0 Å². The summed E-state index contributed by atoms with van der Waals surface area (Å²) in [5.41, 5.74) is 2.19. The summed E-state index contributed by atoms with van der Waals surface area (Å²) in [5, 5.41) is 0. The molecule has 0 N–H and O–H groups in total. The average Bonchev–Trinajstić information content (AvgIpc) is 2.21. The minimum absolute atomic E-state index is 0. The third kappa shape index (κ3) is 86.5. The number of rotatable bonds is 1.